The van der Waals surface area contributed by atoms with Crippen molar-refractivity contribution in [3.8, 4) is 11.3 Å². The molecule has 6 aromatic rings. The van der Waals surface area contributed by atoms with Gasteiger partial charge in [0.05, 0.1) is 24.3 Å². The van der Waals surface area contributed by atoms with Crippen molar-refractivity contribution in [3.63, 3.8) is 0 Å². The zero-order valence-corrected chi connectivity index (χ0v) is 22.2. The molecule has 1 N–H and O–H groups in total. The average Bonchev–Trinajstić information content (AvgIpc) is 3.34. The van der Waals surface area contributed by atoms with Crippen LogP contribution in [-0.4, -0.2) is 30.0 Å². The molecule has 0 amide bonds. The molecule has 40 heavy (non-hydrogen) atoms. The number of aromatic nitrogens is 4. The van der Waals surface area contributed by atoms with Crippen LogP contribution in [0, 0.1) is 0 Å². The third kappa shape index (κ3) is 4.38. The number of aromatic carboxylic acids is 1. The molecule has 0 aliphatic heterocycles. The Balaban J connectivity index is 1.65. The summed E-state index contributed by atoms with van der Waals surface area (Å²) in [5, 5.41) is 17.4. The van der Waals surface area contributed by atoms with Crippen LogP contribution in [0.3, 0.4) is 0 Å². The van der Waals surface area contributed by atoms with Gasteiger partial charge in [0.1, 0.15) is 5.39 Å². The Labute approximate surface area is 232 Å². The summed E-state index contributed by atoms with van der Waals surface area (Å²) >= 11 is 6.06. The van der Waals surface area contributed by atoms with Crippen molar-refractivity contribution in [1.29, 1.82) is 0 Å². The van der Waals surface area contributed by atoms with Crippen LogP contribution in [0.25, 0.3) is 33.1 Å². The molecule has 6 rings (SSSR count). The fraction of sp³-hybridized carbons (Fsp3) is 0.0968. The van der Waals surface area contributed by atoms with Gasteiger partial charge in [-0.25, -0.2) is 9.59 Å². The minimum Gasteiger partial charge on any atom is -0.478 e. The Morgan fingerprint density at radius 1 is 0.900 bits per heavy atom. The van der Waals surface area contributed by atoms with Gasteiger partial charge in [-0.2, -0.15) is 5.10 Å². The second-order valence-electron chi connectivity index (χ2n) is 9.59. The number of hydrogen-bond donors (Lipinski definition) is 1. The van der Waals surface area contributed by atoms with Gasteiger partial charge in [0.2, 0.25) is 0 Å². The highest BCUT2D eigenvalue weighted by Gasteiger charge is 2.23. The lowest BCUT2D eigenvalue weighted by Gasteiger charge is -2.11. The molecule has 0 aliphatic carbocycles. The normalized spacial score (nSPS) is 11.3. The minimum atomic E-state index is -1.08. The highest BCUT2D eigenvalue weighted by atomic mass is 35.5. The van der Waals surface area contributed by atoms with Crippen molar-refractivity contribution in [2.75, 3.05) is 0 Å². The number of carbonyl (C=O) groups is 1. The highest BCUT2D eigenvalue weighted by molar-refractivity contribution is 6.30. The second-order valence-corrected chi connectivity index (χ2v) is 10.0. The van der Waals surface area contributed by atoms with E-state index in [2.05, 4.69) is 0 Å². The molecule has 198 valence electrons. The number of carboxylic acids is 1. The first kappa shape index (κ1) is 25.3. The monoisotopic (exact) mass is 550 g/mol. The van der Waals surface area contributed by atoms with Crippen LogP contribution in [0.5, 0.6) is 0 Å². The maximum absolute atomic E-state index is 13.7. The highest BCUT2D eigenvalue weighted by Crippen LogP contribution is 2.29. The van der Waals surface area contributed by atoms with Crippen LogP contribution in [0.1, 0.15) is 21.5 Å². The van der Waals surface area contributed by atoms with E-state index in [0.717, 1.165) is 26.5 Å². The lowest BCUT2D eigenvalue weighted by molar-refractivity contribution is 0.0697. The van der Waals surface area contributed by atoms with Gasteiger partial charge < -0.3 is 5.11 Å². The molecular weight excluding hydrogens is 528 g/mol. The first-order valence-electron chi connectivity index (χ1n) is 12.6. The van der Waals surface area contributed by atoms with Crippen LogP contribution in [0.15, 0.2) is 101 Å². The summed E-state index contributed by atoms with van der Waals surface area (Å²) in [6.45, 7) is 0.460. The lowest BCUT2D eigenvalue weighted by Crippen LogP contribution is -2.38. The zero-order chi connectivity index (χ0) is 28.0. The third-order valence-corrected chi connectivity index (χ3v) is 7.31. The molecule has 4 aromatic carbocycles. The number of benzene rings is 4. The van der Waals surface area contributed by atoms with Crippen LogP contribution in [0.2, 0.25) is 5.02 Å². The molecule has 0 saturated carbocycles. The summed E-state index contributed by atoms with van der Waals surface area (Å²) < 4.78 is 4.21. The van der Waals surface area contributed by atoms with Crippen LogP contribution in [-0.2, 0) is 20.1 Å². The summed E-state index contributed by atoms with van der Waals surface area (Å²) in [4.78, 5) is 38.8. The van der Waals surface area contributed by atoms with Crippen molar-refractivity contribution in [2.24, 2.45) is 7.05 Å². The fourth-order valence-electron chi connectivity index (χ4n) is 5.08. The van der Waals surface area contributed by atoms with Crippen molar-refractivity contribution < 1.29 is 9.90 Å². The summed E-state index contributed by atoms with van der Waals surface area (Å²) in [6, 6.07) is 27.5. The topological polar surface area (TPSA) is 99.1 Å². The van der Waals surface area contributed by atoms with Crippen molar-refractivity contribution >= 4 is 39.4 Å². The van der Waals surface area contributed by atoms with Gasteiger partial charge in [0.25, 0.3) is 5.56 Å². The van der Waals surface area contributed by atoms with E-state index in [1.807, 2.05) is 54.6 Å². The van der Waals surface area contributed by atoms with Gasteiger partial charge in [-0.05, 0) is 46.2 Å². The van der Waals surface area contributed by atoms with Gasteiger partial charge in [0, 0.05) is 17.6 Å². The van der Waals surface area contributed by atoms with Crippen LogP contribution in [0.4, 0.5) is 0 Å². The van der Waals surface area contributed by atoms with Crippen molar-refractivity contribution in [2.45, 2.75) is 13.1 Å². The molecule has 2 heterocycles. The van der Waals surface area contributed by atoms with Gasteiger partial charge in [-0.3, -0.25) is 18.6 Å². The van der Waals surface area contributed by atoms with E-state index >= 15 is 0 Å². The minimum absolute atomic E-state index is 0.0786. The number of nitrogens with zero attached hydrogens (tertiary/aromatic N) is 4. The van der Waals surface area contributed by atoms with Crippen LogP contribution < -0.4 is 11.2 Å². The third-order valence-electron chi connectivity index (χ3n) is 7.06. The van der Waals surface area contributed by atoms with Gasteiger partial charge in [-0.1, -0.05) is 78.3 Å². The fourth-order valence-corrected chi connectivity index (χ4v) is 5.20. The first-order chi connectivity index (χ1) is 19.3. The first-order valence-corrected chi connectivity index (χ1v) is 12.9. The molecule has 0 spiro atoms. The molecule has 0 bridgehead atoms. The predicted octanol–water partition coefficient (Wildman–Crippen LogP) is 5.17. The molecule has 0 unspecified atom stereocenters. The largest absolute Gasteiger partial charge is 0.478 e. The van der Waals surface area contributed by atoms with Crippen molar-refractivity contribution in [3.05, 3.63) is 134 Å². The van der Waals surface area contributed by atoms with Crippen LogP contribution >= 0.6 is 11.6 Å². The summed E-state index contributed by atoms with van der Waals surface area (Å²) in [6.07, 6.45) is 0. The molecule has 2 aromatic heterocycles. The number of halogens is 1. The Hall–Kier alpha value is -4.95. The average molecular weight is 551 g/mol. The maximum Gasteiger partial charge on any atom is 0.335 e. The molecule has 0 saturated heterocycles. The SMILES string of the molecule is Cn1c(=O)c2c(-c3cccc(C(=O)O)c3)n(Cc3cccc4ccccc34)nc2n(Cc2ccc(Cl)cc2)c1=O. The van der Waals surface area contributed by atoms with E-state index in [1.54, 1.807) is 28.9 Å². The van der Waals surface area contributed by atoms with E-state index in [0.29, 0.717) is 22.8 Å². The zero-order valence-electron chi connectivity index (χ0n) is 21.4. The quantitative estimate of drug-likeness (QED) is 0.309. The standard InChI is InChI=1S/C31H23ClN4O4/c1-34-29(37)26-27(21-8-5-9-22(16-21)30(38)39)36(18-23-10-4-7-20-6-2-3-11-25(20)23)33-28(26)35(31(34)40)17-19-12-14-24(32)15-13-19/h2-16H,17-18H2,1H3,(H,38,39). The predicted molar refractivity (Wildman–Crippen MR) is 155 cm³/mol. The summed E-state index contributed by atoms with van der Waals surface area (Å²) in [5.74, 6) is -1.08. The Morgan fingerprint density at radius 2 is 1.62 bits per heavy atom. The summed E-state index contributed by atoms with van der Waals surface area (Å²) in [5.41, 5.74) is 2.01. The Bertz CT molecular complexity index is 2050. The van der Waals surface area contributed by atoms with E-state index in [-0.39, 0.29) is 23.1 Å². The summed E-state index contributed by atoms with van der Waals surface area (Å²) in [7, 11) is 1.43. The molecule has 0 aliphatic rings. The number of carboxylic acid groups (broad SMARTS) is 1. The van der Waals surface area contributed by atoms with E-state index < -0.39 is 17.2 Å². The molecular formula is C31H23ClN4O4. The maximum atomic E-state index is 13.7. The lowest BCUT2D eigenvalue weighted by atomic mass is 10.0. The molecule has 8 nitrogen and oxygen atoms in total. The molecule has 9 heteroatoms. The molecule has 0 radical (unpaired) electrons. The van der Waals surface area contributed by atoms with Gasteiger partial charge in [0.15, 0.2) is 5.65 Å². The number of rotatable bonds is 6. The Morgan fingerprint density at radius 3 is 2.40 bits per heavy atom. The Kier molecular flexibility index (Phi) is 6.32. The van der Waals surface area contributed by atoms with E-state index in [1.165, 1.54) is 23.7 Å². The smallest absolute Gasteiger partial charge is 0.335 e. The number of fused-ring (bicyclic) bond motifs is 2. The molecule has 0 fully saturated rings. The van der Waals surface area contributed by atoms with Crippen molar-refractivity contribution in [1.82, 2.24) is 18.9 Å². The second kappa shape index (κ2) is 9.98. The molecule has 0 atom stereocenters. The number of hydrogen-bond acceptors (Lipinski definition) is 4. The van der Waals surface area contributed by atoms with E-state index in [9.17, 15) is 19.5 Å². The van der Waals surface area contributed by atoms with Gasteiger partial charge >= 0.3 is 11.7 Å². The van der Waals surface area contributed by atoms with E-state index in [4.69, 9.17) is 16.7 Å². The van der Waals surface area contributed by atoms with Gasteiger partial charge in [-0.15, -0.1) is 0 Å².